The van der Waals surface area contributed by atoms with Crippen LogP contribution in [0.4, 0.5) is 4.79 Å². The predicted octanol–water partition coefficient (Wildman–Crippen LogP) is 5.08. The Hall–Kier alpha value is -2.27. The van der Waals surface area contributed by atoms with Gasteiger partial charge in [-0.05, 0) is 37.0 Å². The molecule has 1 N–H and O–H groups in total. The second-order valence-electron chi connectivity index (χ2n) is 6.83. The summed E-state index contributed by atoms with van der Waals surface area (Å²) in [6.07, 6.45) is 2.77. The van der Waals surface area contributed by atoms with Gasteiger partial charge in [-0.2, -0.15) is 0 Å². The monoisotopic (exact) mass is 375 g/mol. The van der Waals surface area contributed by atoms with E-state index in [1.165, 1.54) is 4.90 Å². The minimum atomic E-state index is -0.984. The van der Waals surface area contributed by atoms with Crippen LogP contribution in [0, 0.1) is 11.8 Å². The molecule has 0 spiro atoms. The van der Waals surface area contributed by atoms with E-state index in [2.05, 4.69) is 0 Å². The zero-order chi connectivity index (χ0) is 20.4. The van der Waals surface area contributed by atoms with Crippen molar-refractivity contribution in [3.8, 4) is 0 Å². The van der Waals surface area contributed by atoms with Gasteiger partial charge >= 0.3 is 6.09 Å². The molecule has 5 nitrogen and oxygen atoms in total. The molecule has 1 aromatic rings. The van der Waals surface area contributed by atoms with Crippen LogP contribution in [0.15, 0.2) is 53.9 Å². The first-order valence-electron chi connectivity index (χ1n) is 9.45. The van der Waals surface area contributed by atoms with E-state index in [-0.39, 0.29) is 18.4 Å². The first-order chi connectivity index (χ1) is 12.8. The summed E-state index contributed by atoms with van der Waals surface area (Å²) in [7, 11) is 1.58. The van der Waals surface area contributed by atoms with E-state index in [1.807, 2.05) is 71.0 Å². The molecule has 0 aromatic heterocycles. The molecule has 0 saturated carbocycles. The van der Waals surface area contributed by atoms with Gasteiger partial charge in [0.15, 0.2) is 0 Å². The molecule has 1 amide bonds. The topological polar surface area (TPSA) is 59.0 Å². The Kier molecular flexibility index (Phi) is 9.65. The highest BCUT2D eigenvalue weighted by atomic mass is 16.6. The molecule has 2 unspecified atom stereocenters. The molecular formula is C22H33NO4. The molecule has 2 atom stereocenters. The summed E-state index contributed by atoms with van der Waals surface area (Å²) >= 11 is 0. The first kappa shape index (κ1) is 22.8. The van der Waals surface area contributed by atoms with Crippen LogP contribution in [-0.4, -0.2) is 29.4 Å². The molecule has 1 aromatic carbocycles. The van der Waals surface area contributed by atoms with Gasteiger partial charge in [-0.1, -0.05) is 58.0 Å². The SMILES string of the molecule is CC=C(C=C(C(C)C)N(C(=O)OCc1ccccc1)C(O)C(C)CC)OC. The molecule has 0 aliphatic heterocycles. The number of aliphatic hydroxyl groups is 1. The van der Waals surface area contributed by atoms with Crippen LogP contribution in [0.1, 0.15) is 46.6 Å². The molecule has 27 heavy (non-hydrogen) atoms. The highest BCUT2D eigenvalue weighted by Gasteiger charge is 2.31. The van der Waals surface area contributed by atoms with Crippen molar-refractivity contribution in [3.63, 3.8) is 0 Å². The molecule has 150 valence electrons. The van der Waals surface area contributed by atoms with E-state index in [1.54, 1.807) is 13.2 Å². The van der Waals surface area contributed by atoms with Gasteiger partial charge in [-0.25, -0.2) is 4.79 Å². The Balaban J connectivity index is 3.18. The van der Waals surface area contributed by atoms with Crippen molar-refractivity contribution >= 4 is 6.09 Å². The lowest BCUT2D eigenvalue weighted by Crippen LogP contribution is -2.44. The van der Waals surface area contributed by atoms with E-state index in [9.17, 15) is 9.90 Å². The number of rotatable bonds is 9. The van der Waals surface area contributed by atoms with Crippen molar-refractivity contribution in [1.29, 1.82) is 0 Å². The largest absolute Gasteiger partial charge is 0.497 e. The number of carbonyl (C=O) groups is 1. The molecule has 0 fully saturated rings. The van der Waals surface area contributed by atoms with E-state index in [0.29, 0.717) is 11.5 Å². The van der Waals surface area contributed by atoms with Gasteiger partial charge in [-0.15, -0.1) is 0 Å². The number of carbonyl (C=O) groups excluding carboxylic acids is 1. The molecule has 5 heteroatoms. The maximum atomic E-state index is 12.9. The van der Waals surface area contributed by atoms with Gasteiger partial charge in [-0.3, -0.25) is 4.90 Å². The second kappa shape index (κ2) is 11.4. The van der Waals surface area contributed by atoms with E-state index >= 15 is 0 Å². The number of amides is 1. The van der Waals surface area contributed by atoms with Crippen molar-refractivity contribution in [2.24, 2.45) is 11.8 Å². The number of hydrogen-bond acceptors (Lipinski definition) is 4. The lowest BCUT2D eigenvalue weighted by Gasteiger charge is -2.34. The molecule has 0 bridgehead atoms. The van der Waals surface area contributed by atoms with Gasteiger partial charge in [0.1, 0.15) is 18.6 Å². The zero-order valence-electron chi connectivity index (χ0n) is 17.3. The Morgan fingerprint density at radius 2 is 1.85 bits per heavy atom. The Morgan fingerprint density at radius 1 is 1.22 bits per heavy atom. The maximum absolute atomic E-state index is 12.9. The van der Waals surface area contributed by atoms with Crippen LogP contribution in [0.2, 0.25) is 0 Å². The van der Waals surface area contributed by atoms with Gasteiger partial charge in [0.25, 0.3) is 0 Å². The number of allylic oxidation sites excluding steroid dienone is 3. The third-order valence-electron chi connectivity index (χ3n) is 4.50. The molecule has 0 heterocycles. The van der Waals surface area contributed by atoms with Crippen LogP contribution in [0.3, 0.4) is 0 Å². The standard InChI is InChI=1S/C22H33NO4/c1-7-17(5)21(24)23(20(16(3)4)14-19(8-2)26-6)22(25)27-15-18-12-10-9-11-13-18/h8-14,16-17,21,24H,7,15H2,1-6H3. The summed E-state index contributed by atoms with van der Waals surface area (Å²) in [5, 5.41) is 10.8. The number of ether oxygens (including phenoxy) is 2. The van der Waals surface area contributed by atoms with Crippen LogP contribution < -0.4 is 0 Å². The van der Waals surface area contributed by atoms with Gasteiger partial charge in [0.05, 0.1) is 7.11 Å². The van der Waals surface area contributed by atoms with Crippen LogP contribution in [0.5, 0.6) is 0 Å². The van der Waals surface area contributed by atoms with Crippen molar-refractivity contribution in [3.05, 3.63) is 59.5 Å². The van der Waals surface area contributed by atoms with E-state index in [4.69, 9.17) is 9.47 Å². The van der Waals surface area contributed by atoms with Gasteiger partial charge in [0.2, 0.25) is 0 Å². The summed E-state index contributed by atoms with van der Waals surface area (Å²) in [4.78, 5) is 14.3. The smallest absolute Gasteiger partial charge is 0.416 e. The van der Waals surface area contributed by atoms with Crippen molar-refractivity contribution in [2.75, 3.05) is 7.11 Å². The highest BCUT2D eigenvalue weighted by molar-refractivity contribution is 5.70. The highest BCUT2D eigenvalue weighted by Crippen LogP contribution is 2.25. The third-order valence-corrected chi connectivity index (χ3v) is 4.50. The van der Waals surface area contributed by atoms with Crippen molar-refractivity contribution in [1.82, 2.24) is 4.90 Å². The fourth-order valence-electron chi connectivity index (χ4n) is 2.54. The lowest BCUT2D eigenvalue weighted by molar-refractivity contribution is -0.0209. The average Bonchev–Trinajstić information content (AvgIpc) is 2.68. The maximum Gasteiger partial charge on any atom is 0.416 e. The quantitative estimate of drug-likeness (QED) is 0.371. The molecule has 0 saturated heterocycles. The zero-order valence-corrected chi connectivity index (χ0v) is 17.3. The van der Waals surface area contributed by atoms with E-state index in [0.717, 1.165) is 12.0 Å². The second-order valence-corrected chi connectivity index (χ2v) is 6.83. The first-order valence-corrected chi connectivity index (χ1v) is 9.45. The molecule has 1 rings (SSSR count). The van der Waals surface area contributed by atoms with Crippen molar-refractivity contribution < 1.29 is 19.4 Å². The Labute approximate surface area is 163 Å². The normalized spacial score (nSPS) is 14.7. The Morgan fingerprint density at radius 3 is 2.33 bits per heavy atom. The fraction of sp³-hybridized carbons (Fsp3) is 0.500. The predicted molar refractivity (Wildman–Crippen MR) is 108 cm³/mol. The number of benzene rings is 1. The summed E-state index contributed by atoms with van der Waals surface area (Å²) in [5.41, 5.74) is 1.54. The number of aliphatic hydroxyl groups excluding tert-OH is 1. The number of hydrogen-bond donors (Lipinski definition) is 1. The lowest BCUT2D eigenvalue weighted by atomic mass is 10.0. The summed E-state index contributed by atoms with van der Waals surface area (Å²) in [6.45, 7) is 9.83. The molecular weight excluding hydrogens is 342 g/mol. The van der Waals surface area contributed by atoms with Gasteiger partial charge in [0, 0.05) is 11.6 Å². The van der Waals surface area contributed by atoms with Gasteiger partial charge < -0.3 is 14.6 Å². The van der Waals surface area contributed by atoms with Crippen LogP contribution in [-0.2, 0) is 16.1 Å². The Bertz CT molecular complexity index is 637. The average molecular weight is 376 g/mol. The summed E-state index contributed by atoms with van der Waals surface area (Å²) in [5.74, 6) is 0.502. The van der Waals surface area contributed by atoms with E-state index < -0.39 is 12.3 Å². The fourth-order valence-corrected chi connectivity index (χ4v) is 2.54. The third kappa shape index (κ3) is 6.75. The minimum absolute atomic E-state index is 0.0157. The minimum Gasteiger partial charge on any atom is -0.497 e. The molecule has 0 aliphatic rings. The summed E-state index contributed by atoms with van der Waals surface area (Å²) in [6, 6.07) is 9.49. The number of methoxy groups -OCH3 is 1. The van der Waals surface area contributed by atoms with Crippen LogP contribution in [0.25, 0.3) is 0 Å². The number of nitrogens with zero attached hydrogens (tertiary/aromatic N) is 1. The molecule has 0 aliphatic carbocycles. The van der Waals surface area contributed by atoms with Crippen LogP contribution >= 0.6 is 0 Å². The summed E-state index contributed by atoms with van der Waals surface area (Å²) < 4.78 is 10.8. The van der Waals surface area contributed by atoms with Crippen molar-refractivity contribution in [2.45, 2.75) is 53.9 Å². The molecule has 0 radical (unpaired) electrons.